The molecule has 0 aromatic heterocycles. The summed E-state index contributed by atoms with van der Waals surface area (Å²) in [7, 11) is 0. The van der Waals surface area contributed by atoms with Crippen molar-refractivity contribution in [2.45, 2.75) is 64.4 Å². The van der Waals surface area contributed by atoms with Crippen LogP contribution in [-0.4, -0.2) is 25.8 Å². The van der Waals surface area contributed by atoms with E-state index in [2.05, 4.69) is 12.2 Å². The molecule has 17 heavy (non-hydrogen) atoms. The molecule has 100 valence electrons. The maximum absolute atomic E-state index is 5.68. The van der Waals surface area contributed by atoms with Gasteiger partial charge in [-0.1, -0.05) is 19.8 Å². The van der Waals surface area contributed by atoms with E-state index in [0.29, 0.717) is 6.10 Å². The number of hydrogen-bond donors (Lipinski definition) is 1. The zero-order chi connectivity index (χ0) is 11.9. The van der Waals surface area contributed by atoms with Gasteiger partial charge in [0.05, 0.1) is 6.10 Å². The zero-order valence-electron chi connectivity index (χ0n) is 11.4. The van der Waals surface area contributed by atoms with Crippen molar-refractivity contribution in [3.05, 3.63) is 0 Å². The SMILES string of the molecule is CCCNCC1CCC1CCCC1CCCO1. The van der Waals surface area contributed by atoms with Crippen molar-refractivity contribution in [3.63, 3.8) is 0 Å². The molecule has 2 nitrogen and oxygen atoms in total. The maximum atomic E-state index is 5.68. The molecule has 0 spiro atoms. The normalized spacial score (nSPS) is 32.6. The lowest BCUT2D eigenvalue weighted by Crippen LogP contribution is -2.35. The predicted octanol–water partition coefficient (Wildman–Crippen LogP) is 3.36. The van der Waals surface area contributed by atoms with Crippen molar-refractivity contribution < 1.29 is 4.74 Å². The molecule has 3 atom stereocenters. The summed E-state index contributed by atoms with van der Waals surface area (Å²) in [5.74, 6) is 1.99. The lowest BCUT2D eigenvalue weighted by molar-refractivity contribution is 0.0935. The average Bonchev–Trinajstić information content (AvgIpc) is 2.81. The van der Waals surface area contributed by atoms with Gasteiger partial charge in [0.25, 0.3) is 0 Å². The first kappa shape index (κ1) is 13.4. The second-order valence-corrected chi connectivity index (χ2v) is 5.87. The van der Waals surface area contributed by atoms with Crippen LogP contribution in [0.1, 0.15) is 58.3 Å². The molecule has 2 rings (SSSR count). The van der Waals surface area contributed by atoms with Gasteiger partial charge in [0.15, 0.2) is 0 Å². The van der Waals surface area contributed by atoms with Gasteiger partial charge in [0.1, 0.15) is 0 Å². The van der Waals surface area contributed by atoms with Gasteiger partial charge in [0.2, 0.25) is 0 Å². The van der Waals surface area contributed by atoms with Gasteiger partial charge in [-0.15, -0.1) is 0 Å². The zero-order valence-corrected chi connectivity index (χ0v) is 11.4. The van der Waals surface area contributed by atoms with Crippen LogP contribution in [0.2, 0.25) is 0 Å². The Morgan fingerprint density at radius 1 is 1.12 bits per heavy atom. The summed E-state index contributed by atoms with van der Waals surface area (Å²) in [5.41, 5.74) is 0. The molecule has 0 aromatic rings. The highest BCUT2D eigenvalue weighted by Crippen LogP contribution is 2.37. The van der Waals surface area contributed by atoms with Crippen LogP contribution in [0.4, 0.5) is 0 Å². The number of rotatable bonds is 8. The highest BCUT2D eigenvalue weighted by Gasteiger charge is 2.29. The highest BCUT2D eigenvalue weighted by atomic mass is 16.5. The van der Waals surface area contributed by atoms with Gasteiger partial charge >= 0.3 is 0 Å². The van der Waals surface area contributed by atoms with Crippen LogP contribution < -0.4 is 5.32 Å². The Labute approximate surface area is 107 Å². The van der Waals surface area contributed by atoms with Gasteiger partial charge in [-0.2, -0.15) is 0 Å². The molecule has 1 saturated carbocycles. The predicted molar refractivity (Wildman–Crippen MR) is 72.2 cm³/mol. The molecule has 0 amide bonds. The first-order chi connectivity index (χ1) is 8.40. The van der Waals surface area contributed by atoms with E-state index in [-0.39, 0.29) is 0 Å². The summed E-state index contributed by atoms with van der Waals surface area (Å²) in [6, 6.07) is 0. The van der Waals surface area contributed by atoms with E-state index in [1.807, 2.05) is 0 Å². The Morgan fingerprint density at radius 3 is 2.65 bits per heavy atom. The first-order valence-electron chi connectivity index (χ1n) is 7.72. The number of ether oxygens (including phenoxy) is 1. The minimum atomic E-state index is 0.603. The minimum Gasteiger partial charge on any atom is -0.378 e. The standard InChI is InChI=1S/C15H29NO/c1-2-10-16-12-14-9-8-13(14)5-3-6-15-7-4-11-17-15/h13-16H,2-12H2,1H3. The number of nitrogens with one attached hydrogen (secondary N) is 1. The third-order valence-corrected chi connectivity index (χ3v) is 4.53. The summed E-state index contributed by atoms with van der Waals surface area (Å²) in [6.07, 6.45) is 11.5. The lowest BCUT2D eigenvalue weighted by atomic mass is 9.71. The fourth-order valence-electron chi connectivity index (χ4n) is 3.23. The Bertz CT molecular complexity index is 201. The van der Waals surface area contributed by atoms with E-state index in [9.17, 15) is 0 Å². The van der Waals surface area contributed by atoms with E-state index in [4.69, 9.17) is 4.74 Å². The molecule has 0 bridgehead atoms. The number of hydrogen-bond acceptors (Lipinski definition) is 2. The van der Waals surface area contributed by atoms with Gasteiger partial charge in [-0.05, 0) is 63.5 Å². The van der Waals surface area contributed by atoms with Crippen LogP contribution in [-0.2, 0) is 4.74 Å². The Morgan fingerprint density at radius 2 is 2.00 bits per heavy atom. The molecule has 0 radical (unpaired) electrons. The summed E-state index contributed by atoms with van der Waals surface area (Å²) in [6.45, 7) is 5.71. The van der Waals surface area contributed by atoms with E-state index < -0.39 is 0 Å². The van der Waals surface area contributed by atoms with Crippen molar-refractivity contribution in [1.82, 2.24) is 5.32 Å². The smallest absolute Gasteiger partial charge is 0.0576 e. The minimum absolute atomic E-state index is 0.603. The highest BCUT2D eigenvalue weighted by molar-refractivity contribution is 4.82. The van der Waals surface area contributed by atoms with Crippen LogP contribution in [0.25, 0.3) is 0 Å². The summed E-state index contributed by atoms with van der Waals surface area (Å²) >= 11 is 0. The van der Waals surface area contributed by atoms with Crippen LogP contribution in [0, 0.1) is 11.8 Å². The molecule has 2 heteroatoms. The molecule has 1 saturated heterocycles. The molecule has 3 unspecified atom stereocenters. The molecule has 2 aliphatic rings. The summed E-state index contributed by atoms with van der Waals surface area (Å²) in [5, 5.41) is 3.57. The molecule has 1 aliphatic heterocycles. The topological polar surface area (TPSA) is 21.3 Å². The van der Waals surface area contributed by atoms with Crippen LogP contribution >= 0.6 is 0 Å². The quantitative estimate of drug-likeness (QED) is 0.656. The summed E-state index contributed by atoms with van der Waals surface area (Å²) < 4.78 is 5.68. The van der Waals surface area contributed by atoms with E-state index >= 15 is 0 Å². The lowest BCUT2D eigenvalue weighted by Gasteiger charge is -2.37. The van der Waals surface area contributed by atoms with Gasteiger partial charge in [-0.3, -0.25) is 0 Å². The van der Waals surface area contributed by atoms with Crippen molar-refractivity contribution in [2.75, 3.05) is 19.7 Å². The summed E-state index contributed by atoms with van der Waals surface area (Å²) in [4.78, 5) is 0. The molecule has 1 aliphatic carbocycles. The monoisotopic (exact) mass is 239 g/mol. The van der Waals surface area contributed by atoms with E-state index in [1.54, 1.807) is 0 Å². The molecule has 0 aromatic carbocycles. The van der Waals surface area contributed by atoms with E-state index in [1.165, 1.54) is 64.5 Å². The maximum Gasteiger partial charge on any atom is 0.0576 e. The Balaban J connectivity index is 1.50. The molecule has 1 heterocycles. The fourth-order valence-corrected chi connectivity index (χ4v) is 3.23. The second-order valence-electron chi connectivity index (χ2n) is 5.87. The molecular weight excluding hydrogens is 210 g/mol. The van der Waals surface area contributed by atoms with Crippen molar-refractivity contribution in [3.8, 4) is 0 Å². The third kappa shape index (κ3) is 4.26. The van der Waals surface area contributed by atoms with Gasteiger partial charge in [0, 0.05) is 6.61 Å². The fraction of sp³-hybridized carbons (Fsp3) is 1.00. The van der Waals surface area contributed by atoms with Gasteiger partial charge < -0.3 is 10.1 Å². The van der Waals surface area contributed by atoms with Crippen LogP contribution in [0.15, 0.2) is 0 Å². The molecule has 1 N–H and O–H groups in total. The van der Waals surface area contributed by atoms with Crippen molar-refractivity contribution in [2.24, 2.45) is 11.8 Å². The average molecular weight is 239 g/mol. The second kappa shape index (κ2) is 7.38. The molecule has 2 fully saturated rings. The van der Waals surface area contributed by atoms with E-state index in [0.717, 1.165) is 18.4 Å². The van der Waals surface area contributed by atoms with Crippen LogP contribution in [0.5, 0.6) is 0 Å². The van der Waals surface area contributed by atoms with Crippen molar-refractivity contribution in [1.29, 1.82) is 0 Å². The Hall–Kier alpha value is -0.0800. The van der Waals surface area contributed by atoms with Crippen LogP contribution in [0.3, 0.4) is 0 Å². The third-order valence-electron chi connectivity index (χ3n) is 4.53. The largest absolute Gasteiger partial charge is 0.378 e. The first-order valence-corrected chi connectivity index (χ1v) is 7.72. The molecular formula is C15H29NO. The Kier molecular flexibility index (Phi) is 5.79. The van der Waals surface area contributed by atoms with Gasteiger partial charge in [-0.25, -0.2) is 0 Å². The van der Waals surface area contributed by atoms with Crippen molar-refractivity contribution >= 4 is 0 Å².